The van der Waals surface area contributed by atoms with Crippen molar-refractivity contribution in [3.8, 4) is 5.75 Å². The van der Waals surface area contributed by atoms with Crippen molar-refractivity contribution < 1.29 is 28.2 Å². The molecule has 232 valence electrons. The Hall–Kier alpha value is -3.84. The van der Waals surface area contributed by atoms with Gasteiger partial charge in [-0.05, 0) is 43.0 Å². The number of halogens is 2. The SMILES string of the molecule is O=C(C=CCN1CCN2CC(=O)OCC2C1)Nc1cc2c(Nc3ccc(F)c(Cl)c3)ncnc2cc1OCCOCC1CC1. The number of nitrogens with zero attached hydrogens (tertiary/aromatic N) is 4. The third-order valence-electron chi connectivity index (χ3n) is 7.80. The molecular weight excluding hydrogens is 591 g/mol. The largest absolute Gasteiger partial charge is 0.489 e. The number of rotatable bonds is 12. The van der Waals surface area contributed by atoms with Crippen LogP contribution < -0.4 is 15.4 Å². The molecule has 1 amide bonds. The van der Waals surface area contributed by atoms with Crippen LogP contribution in [-0.2, 0) is 19.1 Å². The molecule has 2 aliphatic heterocycles. The fourth-order valence-corrected chi connectivity index (χ4v) is 5.41. The highest BCUT2D eigenvalue weighted by Crippen LogP contribution is 2.34. The zero-order chi connectivity index (χ0) is 30.5. The molecule has 1 aliphatic carbocycles. The Morgan fingerprint density at radius 3 is 2.91 bits per heavy atom. The number of carbonyl (C=O) groups excluding carboxylic acids is 2. The van der Waals surface area contributed by atoms with Crippen LogP contribution in [0.4, 0.5) is 21.6 Å². The molecule has 3 aromatic rings. The van der Waals surface area contributed by atoms with Gasteiger partial charge in [0, 0.05) is 56.0 Å². The van der Waals surface area contributed by atoms with Gasteiger partial charge in [-0.3, -0.25) is 19.4 Å². The van der Waals surface area contributed by atoms with Crippen LogP contribution in [0.3, 0.4) is 0 Å². The number of amides is 1. The summed E-state index contributed by atoms with van der Waals surface area (Å²) >= 11 is 5.97. The minimum Gasteiger partial charge on any atom is -0.489 e. The first-order chi connectivity index (χ1) is 21.4. The molecule has 44 heavy (non-hydrogen) atoms. The summed E-state index contributed by atoms with van der Waals surface area (Å²) in [5, 5.41) is 6.70. The van der Waals surface area contributed by atoms with Gasteiger partial charge in [-0.1, -0.05) is 17.7 Å². The van der Waals surface area contributed by atoms with Gasteiger partial charge in [0.05, 0.1) is 35.4 Å². The minimum atomic E-state index is -0.521. The van der Waals surface area contributed by atoms with Crippen LogP contribution in [-0.4, -0.2) is 96.8 Å². The number of anilines is 3. The number of aromatic nitrogens is 2. The zero-order valence-electron chi connectivity index (χ0n) is 24.1. The quantitative estimate of drug-likeness (QED) is 0.174. The van der Waals surface area contributed by atoms with E-state index in [1.54, 1.807) is 18.2 Å². The number of ether oxygens (including phenoxy) is 3. The molecule has 0 radical (unpaired) electrons. The van der Waals surface area contributed by atoms with Crippen molar-refractivity contribution >= 4 is 51.6 Å². The van der Waals surface area contributed by atoms with E-state index in [1.807, 2.05) is 6.08 Å². The Labute approximate surface area is 259 Å². The smallest absolute Gasteiger partial charge is 0.320 e. The molecule has 3 aliphatic rings. The molecule has 0 spiro atoms. The van der Waals surface area contributed by atoms with Gasteiger partial charge in [-0.25, -0.2) is 14.4 Å². The van der Waals surface area contributed by atoms with Gasteiger partial charge in [0.2, 0.25) is 5.91 Å². The molecule has 1 saturated carbocycles. The van der Waals surface area contributed by atoms with E-state index in [-0.39, 0.29) is 22.9 Å². The highest BCUT2D eigenvalue weighted by atomic mass is 35.5. The average molecular weight is 625 g/mol. The van der Waals surface area contributed by atoms with Gasteiger partial charge in [0.1, 0.15) is 36.9 Å². The van der Waals surface area contributed by atoms with Crippen molar-refractivity contribution in [1.82, 2.24) is 19.8 Å². The number of morpholine rings is 1. The molecule has 1 unspecified atom stereocenters. The van der Waals surface area contributed by atoms with Crippen molar-refractivity contribution in [2.75, 3.05) is 69.8 Å². The summed E-state index contributed by atoms with van der Waals surface area (Å²) in [4.78, 5) is 37.7. The lowest BCUT2D eigenvalue weighted by atomic mass is 10.1. The number of esters is 1. The van der Waals surface area contributed by atoms with Crippen molar-refractivity contribution in [2.45, 2.75) is 18.9 Å². The summed E-state index contributed by atoms with van der Waals surface area (Å²) in [6, 6.07) is 7.97. The summed E-state index contributed by atoms with van der Waals surface area (Å²) in [5.74, 6) is 0.541. The van der Waals surface area contributed by atoms with Gasteiger partial charge in [-0.2, -0.15) is 0 Å². The van der Waals surface area contributed by atoms with Crippen LogP contribution in [0.2, 0.25) is 5.02 Å². The van der Waals surface area contributed by atoms with Crippen molar-refractivity contribution in [1.29, 1.82) is 0 Å². The van der Waals surface area contributed by atoms with E-state index in [4.69, 9.17) is 25.8 Å². The number of piperazine rings is 1. The molecule has 2 saturated heterocycles. The van der Waals surface area contributed by atoms with Crippen LogP contribution in [0.15, 0.2) is 48.8 Å². The Kier molecular flexibility index (Phi) is 9.51. The lowest BCUT2D eigenvalue weighted by Gasteiger charge is -2.42. The molecule has 11 nitrogen and oxygen atoms in total. The second kappa shape index (κ2) is 13.9. The van der Waals surface area contributed by atoms with Gasteiger partial charge in [-0.15, -0.1) is 0 Å². The van der Waals surface area contributed by atoms with Gasteiger partial charge in [0.15, 0.2) is 0 Å². The van der Waals surface area contributed by atoms with E-state index in [0.717, 1.165) is 26.2 Å². The summed E-state index contributed by atoms with van der Waals surface area (Å²) < 4.78 is 30.7. The summed E-state index contributed by atoms with van der Waals surface area (Å²) in [6.45, 7) is 5.13. The number of hydrogen-bond acceptors (Lipinski definition) is 10. The number of cyclic esters (lactones) is 1. The van der Waals surface area contributed by atoms with Gasteiger partial charge < -0.3 is 24.8 Å². The number of hydrogen-bond donors (Lipinski definition) is 2. The summed E-state index contributed by atoms with van der Waals surface area (Å²) in [5.41, 5.74) is 1.58. The molecule has 0 bridgehead atoms. The maximum absolute atomic E-state index is 13.7. The Morgan fingerprint density at radius 1 is 1.18 bits per heavy atom. The zero-order valence-corrected chi connectivity index (χ0v) is 24.9. The van der Waals surface area contributed by atoms with Crippen LogP contribution in [0.5, 0.6) is 5.75 Å². The van der Waals surface area contributed by atoms with Crippen molar-refractivity contribution in [3.05, 3.63) is 59.7 Å². The van der Waals surface area contributed by atoms with Crippen LogP contribution in [0, 0.1) is 11.7 Å². The van der Waals surface area contributed by atoms with E-state index in [1.165, 1.54) is 37.4 Å². The number of carbonyl (C=O) groups is 2. The third-order valence-corrected chi connectivity index (χ3v) is 8.09. The lowest BCUT2D eigenvalue weighted by molar-refractivity contribution is -0.157. The maximum atomic E-state index is 13.7. The molecule has 3 fully saturated rings. The second-order valence-corrected chi connectivity index (χ2v) is 11.6. The molecule has 6 rings (SSSR count). The van der Waals surface area contributed by atoms with Crippen molar-refractivity contribution in [2.24, 2.45) is 5.92 Å². The van der Waals surface area contributed by atoms with Crippen molar-refractivity contribution in [3.63, 3.8) is 0 Å². The molecule has 2 N–H and O–H groups in total. The fraction of sp³-hybridized carbons (Fsp3) is 0.419. The van der Waals surface area contributed by atoms with E-state index in [0.29, 0.717) is 72.7 Å². The first-order valence-electron chi connectivity index (χ1n) is 14.7. The monoisotopic (exact) mass is 624 g/mol. The topological polar surface area (TPSA) is 118 Å². The number of fused-ring (bicyclic) bond motifs is 2. The Morgan fingerprint density at radius 2 is 2.07 bits per heavy atom. The average Bonchev–Trinajstić information content (AvgIpc) is 3.84. The molecule has 13 heteroatoms. The van der Waals surface area contributed by atoms with Crippen LogP contribution in [0.1, 0.15) is 12.8 Å². The van der Waals surface area contributed by atoms with Crippen LogP contribution >= 0.6 is 11.6 Å². The highest BCUT2D eigenvalue weighted by molar-refractivity contribution is 6.31. The van der Waals surface area contributed by atoms with E-state index in [2.05, 4.69) is 30.4 Å². The molecule has 1 atom stereocenters. The van der Waals surface area contributed by atoms with Crippen LogP contribution in [0.25, 0.3) is 10.9 Å². The fourth-order valence-electron chi connectivity index (χ4n) is 5.23. The maximum Gasteiger partial charge on any atom is 0.320 e. The van der Waals surface area contributed by atoms with Gasteiger partial charge >= 0.3 is 5.97 Å². The van der Waals surface area contributed by atoms with Gasteiger partial charge in [0.25, 0.3) is 0 Å². The molecule has 3 heterocycles. The predicted octanol–water partition coefficient (Wildman–Crippen LogP) is 4.01. The molecular formula is C31H34ClFN6O5. The molecule has 1 aromatic heterocycles. The second-order valence-electron chi connectivity index (χ2n) is 11.2. The molecule has 2 aromatic carbocycles. The van der Waals surface area contributed by atoms with E-state index in [9.17, 15) is 14.0 Å². The first-order valence-corrected chi connectivity index (χ1v) is 15.1. The summed E-state index contributed by atoms with van der Waals surface area (Å²) in [7, 11) is 0. The number of benzene rings is 2. The Bertz CT molecular complexity index is 1550. The van der Waals surface area contributed by atoms with E-state index >= 15 is 0 Å². The van der Waals surface area contributed by atoms with E-state index < -0.39 is 5.82 Å². The number of nitrogens with one attached hydrogen (secondary N) is 2. The normalized spacial score (nSPS) is 19.1. The highest BCUT2D eigenvalue weighted by Gasteiger charge is 2.32. The first kappa shape index (κ1) is 30.2. The minimum absolute atomic E-state index is 0.0169. The Balaban J connectivity index is 1.15. The third kappa shape index (κ3) is 7.81. The predicted molar refractivity (Wildman–Crippen MR) is 164 cm³/mol. The lowest BCUT2D eigenvalue weighted by Crippen LogP contribution is -2.59. The standard InChI is InChI=1S/C31H34ClFN6O5/c32-24-12-21(5-6-25(24)33)36-31-23-13-27(28(14-26(23)34-19-35-31)43-11-10-42-17-20-3-4-20)37-29(40)2-1-7-38-8-9-39-16-30(41)44-18-22(39)15-38/h1-2,5-6,12-14,19-20,22H,3-4,7-11,15-18H2,(H,37,40)(H,34,35,36). The summed E-state index contributed by atoms with van der Waals surface area (Å²) in [6.07, 6.45) is 7.16.